The van der Waals surface area contributed by atoms with Crippen LogP contribution in [0.3, 0.4) is 0 Å². The number of hydrogen-bond acceptors (Lipinski definition) is 5. The summed E-state index contributed by atoms with van der Waals surface area (Å²) >= 11 is 0. The van der Waals surface area contributed by atoms with Crippen LogP contribution in [0.4, 0.5) is 0 Å². The van der Waals surface area contributed by atoms with Gasteiger partial charge in [-0.15, -0.1) is 0 Å². The Bertz CT molecular complexity index is 318. The van der Waals surface area contributed by atoms with Gasteiger partial charge in [0.25, 0.3) is 0 Å². The molecule has 8 nitrogen and oxygen atoms in total. The fourth-order valence-corrected chi connectivity index (χ4v) is 1.44. The molecule has 102 valence electrons. The van der Waals surface area contributed by atoms with Gasteiger partial charge in [0, 0.05) is 6.42 Å². The molecule has 0 aliphatic carbocycles. The number of rotatable bonds is 8. The number of hydrogen-bond donors (Lipinski definition) is 3. The summed E-state index contributed by atoms with van der Waals surface area (Å²) in [4.78, 5) is 43.2. The maximum atomic E-state index is 11.2. The Morgan fingerprint density at radius 1 is 0.889 bits per heavy atom. The van der Waals surface area contributed by atoms with Crippen molar-refractivity contribution in [3.63, 3.8) is 0 Å². The van der Waals surface area contributed by atoms with Gasteiger partial charge >= 0.3 is 23.9 Å². The molecule has 0 bridgehead atoms. The van der Waals surface area contributed by atoms with Gasteiger partial charge in [0.2, 0.25) is 0 Å². The summed E-state index contributed by atoms with van der Waals surface area (Å²) in [5.41, 5.74) is -2.06. The molecule has 18 heavy (non-hydrogen) atoms. The molecule has 0 saturated carbocycles. The number of ether oxygens (including phenoxy) is 1. The first-order valence-corrected chi connectivity index (χ1v) is 5.08. The quantitative estimate of drug-likeness (QED) is 0.523. The second-order valence-corrected chi connectivity index (χ2v) is 3.72. The molecule has 0 fully saturated rings. The molecule has 0 atom stereocenters. The highest BCUT2D eigenvalue weighted by molar-refractivity contribution is 5.79. The maximum Gasteiger partial charge on any atom is 0.307 e. The normalized spacial score (nSPS) is 10.7. The van der Waals surface area contributed by atoms with Crippen LogP contribution in [0.5, 0.6) is 0 Å². The van der Waals surface area contributed by atoms with E-state index < -0.39 is 48.7 Å². The van der Waals surface area contributed by atoms with E-state index in [9.17, 15) is 19.2 Å². The van der Waals surface area contributed by atoms with Crippen LogP contribution in [0.15, 0.2) is 0 Å². The smallest absolute Gasteiger partial charge is 0.307 e. The van der Waals surface area contributed by atoms with Crippen LogP contribution >= 0.6 is 0 Å². The van der Waals surface area contributed by atoms with E-state index in [4.69, 9.17) is 20.1 Å². The molecule has 3 N–H and O–H groups in total. The molecule has 0 aromatic rings. The maximum absolute atomic E-state index is 11.2. The topological polar surface area (TPSA) is 138 Å². The average molecular weight is 262 g/mol. The van der Waals surface area contributed by atoms with E-state index in [1.165, 1.54) is 6.92 Å². The lowest BCUT2D eigenvalue weighted by molar-refractivity contribution is -0.172. The Morgan fingerprint density at radius 3 is 1.44 bits per heavy atom. The summed E-state index contributed by atoms with van der Waals surface area (Å²) in [6, 6.07) is 0. The summed E-state index contributed by atoms with van der Waals surface area (Å²) < 4.78 is 4.74. The summed E-state index contributed by atoms with van der Waals surface area (Å²) in [5, 5.41) is 26.0. The molecule has 0 aromatic carbocycles. The lowest BCUT2D eigenvalue weighted by atomic mass is 9.91. The lowest BCUT2D eigenvalue weighted by Crippen LogP contribution is -2.41. The van der Waals surface area contributed by atoms with E-state index in [1.807, 2.05) is 0 Å². The number of carboxylic acids is 3. The average Bonchev–Trinajstić information content (AvgIpc) is 2.12. The molecule has 0 heterocycles. The fraction of sp³-hybridized carbons (Fsp3) is 0.600. The van der Waals surface area contributed by atoms with E-state index >= 15 is 0 Å². The van der Waals surface area contributed by atoms with Crippen LogP contribution in [-0.4, -0.2) is 44.8 Å². The number of aliphatic carboxylic acids is 3. The number of carbonyl (C=O) groups is 4. The third kappa shape index (κ3) is 5.83. The second-order valence-electron chi connectivity index (χ2n) is 3.72. The van der Waals surface area contributed by atoms with E-state index in [-0.39, 0.29) is 6.42 Å². The highest BCUT2D eigenvalue weighted by Crippen LogP contribution is 2.26. The van der Waals surface area contributed by atoms with Gasteiger partial charge in [-0.2, -0.15) is 0 Å². The lowest BCUT2D eigenvalue weighted by Gasteiger charge is -2.29. The van der Waals surface area contributed by atoms with Crippen LogP contribution in [0.2, 0.25) is 0 Å². The van der Waals surface area contributed by atoms with Gasteiger partial charge in [-0.3, -0.25) is 19.2 Å². The second kappa shape index (κ2) is 6.58. The Morgan fingerprint density at radius 2 is 1.22 bits per heavy atom. The molecule has 8 heteroatoms. The van der Waals surface area contributed by atoms with Crippen molar-refractivity contribution >= 4 is 23.9 Å². The van der Waals surface area contributed by atoms with E-state index in [2.05, 4.69) is 0 Å². The molecule has 0 saturated heterocycles. The van der Waals surface area contributed by atoms with Crippen molar-refractivity contribution in [1.29, 1.82) is 0 Å². The third-order valence-electron chi connectivity index (χ3n) is 2.04. The van der Waals surface area contributed by atoms with Gasteiger partial charge in [-0.05, 0) is 0 Å². The summed E-state index contributed by atoms with van der Waals surface area (Å²) in [6.45, 7) is 1.43. The van der Waals surface area contributed by atoms with Gasteiger partial charge in [-0.1, -0.05) is 6.92 Å². The van der Waals surface area contributed by atoms with Crippen molar-refractivity contribution < 1.29 is 39.2 Å². The molecule has 0 amide bonds. The predicted molar refractivity (Wildman–Crippen MR) is 55.9 cm³/mol. The molecule has 0 spiro atoms. The Hall–Kier alpha value is -2.12. The number of esters is 1. The van der Waals surface area contributed by atoms with Crippen LogP contribution in [0.1, 0.15) is 32.6 Å². The van der Waals surface area contributed by atoms with E-state index in [0.717, 1.165) is 0 Å². The molecule has 0 aliphatic heterocycles. The first-order chi connectivity index (χ1) is 8.20. The monoisotopic (exact) mass is 262 g/mol. The minimum absolute atomic E-state index is 0.111. The third-order valence-corrected chi connectivity index (χ3v) is 2.04. The summed E-state index contributed by atoms with van der Waals surface area (Å²) in [7, 11) is 0. The zero-order valence-electron chi connectivity index (χ0n) is 9.71. The van der Waals surface area contributed by atoms with Crippen molar-refractivity contribution in [2.24, 2.45) is 0 Å². The predicted octanol–water partition coefficient (Wildman–Crippen LogP) is 0.102. The van der Waals surface area contributed by atoms with Crippen molar-refractivity contribution in [3.8, 4) is 0 Å². The van der Waals surface area contributed by atoms with Crippen LogP contribution in [0.25, 0.3) is 0 Å². The Labute approximate surface area is 102 Å². The standard InChI is InChI=1S/C10H14O8/c1-2-9(17)18-10(3-6(11)12,4-7(13)14)5-8(15)16/h2-5H2,1H3,(H,11,12)(H,13,14)(H,15,16). The minimum Gasteiger partial charge on any atom is -0.481 e. The van der Waals surface area contributed by atoms with Crippen molar-refractivity contribution in [1.82, 2.24) is 0 Å². The van der Waals surface area contributed by atoms with Crippen LogP contribution in [0, 0.1) is 0 Å². The fourth-order valence-electron chi connectivity index (χ4n) is 1.44. The molecule has 0 aliphatic rings. The van der Waals surface area contributed by atoms with Crippen LogP contribution in [-0.2, 0) is 23.9 Å². The number of carboxylic acid groups (broad SMARTS) is 3. The molecular formula is C10H14O8. The highest BCUT2D eigenvalue weighted by Gasteiger charge is 2.41. The first kappa shape index (κ1) is 15.9. The number of carbonyl (C=O) groups excluding carboxylic acids is 1. The van der Waals surface area contributed by atoms with Gasteiger partial charge in [0.05, 0.1) is 19.3 Å². The molecule has 0 radical (unpaired) electrons. The van der Waals surface area contributed by atoms with Gasteiger partial charge in [-0.25, -0.2) is 0 Å². The van der Waals surface area contributed by atoms with E-state index in [1.54, 1.807) is 0 Å². The Kier molecular flexibility index (Phi) is 5.80. The van der Waals surface area contributed by atoms with Crippen molar-refractivity contribution in [3.05, 3.63) is 0 Å². The van der Waals surface area contributed by atoms with Gasteiger partial charge in [0.15, 0.2) is 0 Å². The van der Waals surface area contributed by atoms with Crippen molar-refractivity contribution in [2.45, 2.75) is 38.2 Å². The highest BCUT2D eigenvalue weighted by atomic mass is 16.6. The van der Waals surface area contributed by atoms with Crippen molar-refractivity contribution in [2.75, 3.05) is 0 Å². The SMILES string of the molecule is CCC(=O)OC(CC(=O)O)(CC(=O)O)CC(=O)O. The molecule has 0 rings (SSSR count). The van der Waals surface area contributed by atoms with Crippen LogP contribution < -0.4 is 0 Å². The van der Waals surface area contributed by atoms with Gasteiger partial charge in [0.1, 0.15) is 5.60 Å². The largest absolute Gasteiger partial charge is 0.481 e. The first-order valence-electron chi connectivity index (χ1n) is 5.08. The Balaban J connectivity index is 5.21. The molecule has 0 aromatic heterocycles. The molecular weight excluding hydrogens is 248 g/mol. The zero-order valence-corrected chi connectivity index (χ0v) is 9.71. The van der Waals surface area contributed by atoms with E-state index in [0.29, 0.717) is 0 Å². The summed E-state index contributed by atoms with van der Waals surface area (Å²) in [5.74, 6) is -5.18. The minimum atomic E-state index is -2.06. The van der Waals surface area contributed by atoms with Gasteiger partial charge < -0.3 is 20.1 Å². The zero-order chi connectivity index (χ0) is 14.3. The summed E-state index contributed by atoms with van der Waals surface area (Å²) in [6.07, 6.45) is -2.74. The molecule has 0 unspecified atom stereocenters.